The number of nitrogens with zero attached hydrogens (tertiary/aromatic N) is 5. The van der Waals surface area contributed by atoms with Gasteiger partial charge < -0.3 is 25.0 Å². The standard InChI is InChI=1S/C33H39ClF3N7O5/c34-26-19-21(18-25(28(26)45)33(35,36)37)20-27(30(46)42-16-14-41(15-17-42)23-6-10-38-11-7-23)49-32(48)43-12-8-24(9-13-43)44-31(47)39-29(40-44)22-4-2-1-3-5-22/h1-5,18-19,23-24,27,38,45H,6-17,20H2,(H,39,40,47)/t27-/m1/s1. The molecule has 0 unspecified atom stereocenters. The molecule has 0 radical (unpaired) electrons. The number of likely N-dealkylation sites (tertiary alicyclic amines) is 1. The lowest BCUT2D eigenvalue weighted by atomic mass is 10.0. The van der Waals surface area contributed by atoms with Crippen LogP contribution in [0.25, 0.3) is 11.4 Å². The lowest BCUT2D eigenvalue weighted by Gasteiger charge is -2.41. The Morgan fingerprint density at radius 3 is 2.29 bits per heavy atom. The summed E-state index contributed by atoms with van der Waals surface area (Å²) in [6.07, 6.45) is -4.67. The van der Waals surface area contributed by atoms with E-state index in [0.717, 1.165) is 43.6 Å². The second-order valence-electron chi connectivity index (χ2n) is 12.7. The van der Waals surface area contributed by atoms with Crippen LogP contribution in [-0.2, 0) is 22.1 Å². The molecule has 3 aromatic rings. The summed E-state index contributed by atoms with van der Waals surface area (Å²) in [4.78, 5) is 48.2. The molecule has 264 valence electrons. The van der Waals surface area contributed by atoms with E-state index in [4.69, 9.17) is 16.3 Å². The van der Waals surface area contributed by atoms with Crippen molar-refractivity contribution in [3.63, 3.8) is 0 Å². The van der Waals surface area contributed by atoms with Crippen molar-refractivity contribution in [1.29, 1.82) is 0 Å². The van der Waals surface area contributed by atoms with Crippen LogP contribution >= 0.6 is 11.6 Å². The molecule has 3 saturated heterocycles. The number of halogens is 4. The number of ether oxygens (including phenoxy) is 1. The number of nitrogens with one attached hydrogen (secondary N) is 2. The van der Waals surface area contributed by atoms with Gasteiger partial charge in [-0.2, -0.15) is 13.2 Å². The van der Waals surface area contributed by atoms with Gasteiger partial charge in [-0.05, 0) is 56.5 Å². The van der Waals surface area contributed by atoms with Gasteiger partial charge in [-0.25, -0.2) is 14.3 Å². The first-order valence-electron chi connectivity index (χ1n) is 16.5. The van der Waals surface area contributed by atoms with Crippen LogP contribution in [-0.4, -0.2) is 111 Å². The minimum atomic E-state index is -4.90. The molecular weight excluding hydrogens is 667 g/mol. The molecule has 0 bridgehead atoms. The van der Waals surface area contributed by atoms with E-state index in [-0.39, 0.29) is 36.8 Å². The van der Waals surface area contributed by atoms with Gasteiger partial charge in [-0.15, -0.1) is 5.10 Å². The molecule has 2 aromatic carbocycles. The second-order valence-corrected chi connectivity index (χ2v) is 13.1. The number of phenols is 1. The topological polar surface area (TPSA) is 136 Å². The molecule has 3 aliphatic rings. The summed E-state index contributed by atoms with van der Waals surface area (Å²) in [7, 11) is 0. The van der Waals surface area contributed by atoms with Gasteiger partial charge in [0.25, 0.3) is 5.91 Å². The Hall–Kier alpha value is -4.08. The number of aromatic amines is 1. The molecule has 1 atom stereocenters. The zero-order valence-corrected chi connectivity index (χ0v) is 27.5. The zero-order valence-electron chi connectivity index (χ0n) is 26.8. The number of H-pyrrole nitrogens is 1. The summed E-state index contributed by atoms with van der Waals surface area (Å²) in [6.45, 7) is 4.32. The van der Waals surface area contributed by atoms with Crippen molar-refractivity contribution in [2.24, 2.45) is 0 Å². The third-order valence-corrected chi connectivity index (χ3v) is 9.86. The first-order chi connectivity index (χ1) is 23.5. The number of hydrogen-bond donors (Lipinski definition) is 3. The van der Waals surface area contributed by atoms with Gasteiger partial charge in [0.05, 0.1) is 16.6 Å². The van der Waals surface area contributed by atoms with Gasteiger partial charge in [-0.1, -0.05) is 41.9 Å². The first-order valence-corrected chi connectivity index (χ1v) is 16.9. The van der Waals surface area contributed by atoms with E-state index < -0.39 is 40.6 Å². The molecule has 6 rings (SSSR count). The van der Waals surface area contributed by atoms with Crippen molar-refractivity contribution in [2.75, 3.05) is 52.4 Å². The number of piperazine rings is 1. The fraction of sp³-hybridized carbons (Fsp3) is 0.515. The van der Waals surface area contributed by atoms with Crippen LogP contribution in [0.1, 0.15) is 42.9 Å². The van der Waals surface area contributed by atoms with Crippen LogP contribution < -0.4 is 11.0 Å². The molecule has 0 spiro atoms. The third kappa shape index (κ3) is 8.05. The van der Waals surface area contributed by atoms with Crippen LogP contribution in [0.15, 0.2) is 47.3 Å². The van der Waals surface area contributed by atoms with E-state index in [1.165, 1.54) is 9.58 Å². The number of aromatic nitrogens is 3. The smallest absolute Gasteiger partial charge is 0.420 e. The summed E-state index contributed by atoms with van der Waals surface area (Å²) in [5, 5.41) is 17.3. The van der Waals surface area contributed by atoms with Crippen LogP contribution in [0.5, 0.6) is 5.75 Å². The highest BCUT2D eigenvalue weighted by Crippen LogP contribution is 2.40. The quantitative estimate of drug-likeness (QED) is 0.337. The molecule has 49 heavy (non-hydrogen) atoms. The Bertz CT molecular complexity index is 1680. The van der Waals surface area contributed by atoms with E-state index in [2.05, 4.69) is 20.3 Å². The maximum Gasteiger partial charge on any atom is 0.420 e. The van der Waals surface area contributed by atoms with Gasteiger partial charge in [0, 0.05) is 57.3 Å². The molecule has 0 aliphatic carbocycles. The van der Waals surface area contributed by atoms with Crippen LogP contribution in [0.4, 0.5) is 18.0 Å². The van der Waals surface area contributed by atoms with Gasteiger partial charge >= 0.3 is 18.0 Å². The summed E-state index contributed by atoms with van der Waals surface area (Å²) >= 11 is 5.96. The summed E-state index contributed by atoms with van der Waals surface area (Å²) in [5.41, 5.74) is -0.953. The Morgan fingerprint density at radius 2 is 1.63 bits per heavy atom. The number of alkyl halides is 3. The lowest BCUT2D eigenvalue weighted by molar-refractivity contribution is -0.143. The van der Waals surface area contributed by atoms with E-state index in [1.807, 2.05) is 30.3 Å². The number of piperidine rings is 2. The monoisotopic (exact) mass is 705 g/mol. The van der Waals surface area contributed by atoms with E-state index in [1.54, 1.807) is 4.90 Å². The molecular formula is C33H39ClF3N7O5. The predicted molar refractivity (Wildman–Crippen MR) is 174 cm³/mol. The number of benzene rings is 2. The van der Waals surface area contributed by atoms with Crippen LogP contribution in [0.2, 0.25) is 5.02 Å². The zero-order chi connectivity index (χ0) is 34.7. The van der Waals surface area contributed by atoms with E-state index in [9.17, 15) is 32.7 Å². The fourth-order valence-corrected chi connectivity index (χ4v) is 7.11. The number of aromatic hydroxyl groups is 1. The predicted octanol–water partition coefficient (Wildman–Crippen LogP) is 3.90. The number of phenolic OH excluding ortho intramolecular Hbond substituents is 1. The molecule has 12 nitrogen and oxygen atoms in total. The van der Waals surface area contributed by atoms with E-state index >= 15 is 0 Å². The lowest BCUT2D eigenvalue weighted by Crippen LogP contribution is -2.56. The minimum Gasteiger partial charge on any atom is -0.506 e. The highest BCUT2D eigenvalue weighted by atomic mass is 35.5. The number of amides is 2. The van der Waals surface area contributed by atoms with Crippen LogP contribution in [0, 0.1) is 0 Å². The molecule has 16 heteroatoms. The minimum absolute atomic E-state index is 0.0135. The Balaban J connectivity index is 1.14. The maximum atomic E-state index is 13.9. The van der Waals surface area contributed by atoms with Crippen molar-refractivity contribution in [3.8, 4) is 17.1 Å². The third-order valence-electron chi connectivity index (χ3n) is 9.58. The highest BCUT2D eigenvalue weighted by molar-refractivity contribution is 6.32. The average molecular weight is 706 g/mol. The molecule has 3 N–H and O–H groups in total. The Kier molecular flexibility index (Phi) is 10.5. The van der Waals surface area contributed by atoms with E-state index in [0.29, 0.717) is 50.9 Å². The van der Waals surface area contributed by atoms with Gasteiger partial charge in [0.2, 0.25) is 0 Å². The van der Waals surface area contributed by atoms with Crippen molar-refractivity contribution < 1.29 is 32.6 Å². The van der Waals surface area contributed by atoms with Crippen molar-refractivity contribution in [1.82, 2.24) is 34.8 Å². The number of carbonyl (C=O) groups excluding carboxylic acids is 2. The maximum absolute atomic E-state index is 13.9. The highest BCUT2D eigenvalue weighted by Gasteiger charge is 2.38. The van der Waals surface area contributed by atoms with Gasteiger partial charge in [0.15, 0.2) is 11.9 Å². The summed E-state index contributed by atoms with van der Waals surface area (Å²) < 4.78 is 48.2. The molecule has 0 saturated carbocycles. The van der Waals surface area contributed by atoms with Gasteiger partial charge in [-0.3, -0.25) is 14.7 Å². The molecule has 3 aliphatic heterocycles. The molecule has 4 heterocycles. The van der Waals surface area contributed by atoms with Crippen molar-refractivity contribution in [3.05, 3.63) is 69.1 Å². The number of carbonyl (C=O) groups is 2. The SMILES string of the molecule is O=C(O[C@H](Cc1cc(Cl)c(O)c(C(F)(F)F)c1)C(=O)N1CCN(C2CCNCC2)CC1)N1CCC(n2nc(-c3ccccc3)[nH]c2=O)CC1. The Morgan fingerprint density at radius 1 is 0.959 bits per heavy atom. The normalized spacial score (nSPS) is 19.2. The molecule has 1 aromatic heterocycles. The molecule has 3 fully saturated rings. The summed E-state index contributed by atoms with van der Waals surface area (Å²) in [5.74, 6) is -1.18. The van der Waals surface area contributed by atoms with Gasteiger partial charge in [0.1, 0.15) is 5.75 Å². The summed E-state index contributed by atoms with van der Waals surface area (Å²) in [6, 6.07) is 11.2. The number of rotatable bonds is 7. The Labute approximate surface area is 285 Å². The first kappa shape index (κ1) is 34.8. The molecule has 2 amide bonds. The van der Waals surface area contributed by atoms with Crippen LogP contribution in [0.3, 0.4) is 0 Å². The fourth-order valence-electron chi connectivity index (χ4n) is 6.86. The number of hydrogen-bond acceptors (Lipinski definition) is 8. The van der Waals surface area contributed by atoms with Crippen molar-refractivity contribution >= 4 is 23.6 Å². The second kappa shape index (κ2) is 14.8. The van der Waals surface area contributed by atoms with Crippen molar-refractivity contribution in [2.45, 2.75) is 56.5 Å². The largest absolute Gasteiger partial charge is 0.506 e. The average Bonchev–Trinajstić information content (AvgIpc) is 3.51.